The molecule has 0 amide bonds. The summed E-state index contributed by atoms with van der Waals surface area (Å²) in [4.78, 5) is 31.4. The van der Waals surface area contributed by atoms with Crippen LogP contribution in [-0.2, 0) is 0 Å². The Balaban J connectivity index is 2.01. The Bertz CT molecular complexity index is 967. The molecule has 3 aromatic rings. The predicted molar refractivity (Wildman–Crippen MR) is 91.6 cm³/mol. The highest BCUT2D eigenvalue weighted by Crippen LogP contribution is 2.17. The van der Waals surface area contributed by atoms with Gasteiger partial charge in [-0.1, -0.05) is 35.9 Å². The van der Waals surface area contributed by atoms with Gasteiger partial charge in [-0.25, -0.2) is 0 Å². The first-order valence-electron chi connectivity index (χ1n) is 7.32. The van der Waals surface area contributed by atoms with Crippen molar-refractivity contribution < 1.29 is 4.79 Å². The molecule has 0 aliphatic rings. The molecule has 2 heterocycles. The fourth-order valence-electron chi connectivity index (χ4n) is 2.54. The van der Waals surface area contributed by atoms with Crippen molar-refractivity contribution in [1.29, 1.82) is 0 Å². The first-order chi connectivity index (χ1) is 11.1. The number of fused-ring (bicyclic) bond motifs is 1. The highest BCUT2D eigenvalue weighted by molar-refractivity contribution is 6.09. The van der Waals surface area contributed by atoms with Crippen LogP contribution in [-0.4, -0.2) is 15.8 Å². The Morgan fingerprint density at radius 1 is 1.13 bits per heavy atom. The summed E-state index contributed by atoms with van der Waals surface area (Å²) in [5.74, 6) is -0.303. The highest BCUT2D eigenvalue weighted by atomic mass is 16.1. The lowest BCUT2D eigenvalue weighted by Crippen LogP contribution is -2.18. The van der Waals surface area contributed by atoms with Gasteiger partial charge in [0.05, 0.1) is 17.3 Å². The first kappa shape index (κ1) is 14.9. The maximum atomic E-state index is 12.4. The van der Waals surface area contributed by atoms with Crippen LogP contribution in [0.4, 0.5) is 0 Å². The summed E-state index contributed by atoms with van der Waals surface area (Å²) in [5, 5.41) is 0.826. The molecule has 0 radical (unpaired) electrons. The zero-order chi connectivity index (χ0) is 16.4. The molecule has 0 unspecified atom stereocenters. The zero-order valence-corrected chi connectivity index (χ0v) is 13.0. The van der Waals surface area contributed by atoms with Crippen LogP contribution in [0.5, 0.6) is 0 Å². The van der Waals surface area contributed by atoms with Gasteiger partial charge in [0.25, 0.3) is 5.56 Å². The normalized spacial score (nSPS) is 11.2. The average Bonchev–Trinajstić information content (AvgIpc) is 2.54. The number of aromatic amines is 1. The summed E-state index contributed by atoms with van der Waals surface area (Å²) in [7, 11) is 0. The second-order valence-electron chi connectivity index (χ2n) is 5.48. The van der Waals surface area contributed by atoms with Gasteiger partial charge >= 0.3 is 0 Å². The van der Waals surface area contributed by atoms with Gasteiger partial charge in [0.1, 0.15) is 0 Å². The van der Waals surface area contributed by atoms with E-state index in [9.17, 15) is 9.59 Å². The van der Waals surface area contributed by atoms with E-state index in [0.29, 0.717) is 11.1 Å². The molecule has 3 rings (SSSR count). The lowest BCUT2D eigenvalue weighted by atomic mass is 10.0. The number of H-pyrrole nitrogens is 1. The zero-order valence-electron chi connectivity index (χ0n) is 13.0. The Morgan fingerprint density at radius 2 is 1.87 bits per heavy atom. The molecule has 0 spiro atoms. The van der Waals surface area contributed by atoms with Crippen molar-refractivity contribution in [3.8, 4) is 0 Å². The van der Waals surface area contributed by atoms with E-state index in [1.165, 1.54) is 6.08 Å². The number of carbonyl (C=O) groups is 1. The Hall–Kier alpha value is -3.01. The van der Waals surface area contributed by atoms with E-state index in [1.807, 2.05) is 31.2 Å². The van der Waals surface area contributed by atoms with Crippen molar-refractivity contribution in [3.05, 3.63) is 81.4 Å². The number of aryl methyl sites for hydroxylation is 2. The van der Waals surface area contributed by atoms with Crippen molar-refractivity contribution in [2.45, 2.75) is 13.8 Å². The van der Waals surface area contributed by atoms with E-state index in [-0.39, 0.29) is 16.9 Å². The van der Waals surface area contributed by atoms with Crippen LogP contribution in [0.2, 0.25) is 0 Å². The number of nitrogens with one attached hydrogen (secondary N) is 1. The van der Waals surface area contributed by atoms with Crippen molar-refractivity contribution in [2.75, 3.05) is 0 Å². The second-order valence-corrected chi connectivity index (χ2v) is 5.48. The topological polar surface area (TPSA) is 62.8 Å². The van der Waals surface area contributed by atoms with E-state index in [1.54, 1.807) is 31.5 Å². The lowest BCUT2D eigenvalue weighted by molar-refractivity contribution is 0.104. The quantitative estimate of drug-likeness (QED) is 0.595. The van der Waals surface area contributed by atoms with Crippen LogP contribution in [0.1, 0.15) is 27.0 Å². The van der Waals surface area contributed by atoms with E-state index in [0.717, 1.165) is 16.5 Å². The van der Waals surface area contributed by atoms with Gasteiger partial charge in [-0.3, -0.25) is 14.6 Å². The third-order valence-electron chi connectivity index (χ3n) is 3.83. The van der Waals surface area contributed by atoms with Gasteiger partial charge in [0, 0.05) is 11.6 Å². The molecule has 0 atom stereocenters. The van der Waals surface area contributed by atoms with E-state index in [2.05, 4.69) is 9.97 Å². The molecule has 0 aliphatic carbocycles. The number of pyridine rings is 2. The van der Waals surface area contributed by atoms with Gasteiger partial charge < -0.3 is 4.98 Å². The third-order valence-corrected chi connectivity index (χ3v) is 3.83. The minimum atomic E-state index is -0.387. The second kappa shape index (κ2) is 6.01. The van der Waals surface area contributed by atoms with Gasteiger partial charge in [0.15, 0.2) is 5.78 Å². The monoisotopic (exact) mass is 304 g/mol. The van der Waals surface area contributed by atoms with Gasteiger partial charge in [-0.15, -0.1) is 0 Å². The van der Waals surface area contributed by atoms with Crippen molar-refractivity contribution >= 4 is 22.8 Å². The fraction of sp³-hybridized carbons (Fsp3) is 0.105. The lowest BCUT2D eigenvalue weighted by Gasteiger charge is -2.05. The number of hydrogen-bond donors (Lipinski definition) is 1. The minimum absolute atomic E-state index is 0.173. The van der Waals surface area contributed by atoms with Crippen molar-refractivity contribution in [1.82, 2.24) is 9.97 Å². The molecule has 0 saturated heterocycles. The maximum Gasteiger partial charge on any atom is 0.259 e. The van der Waals surface area contributed by atoms with Gasteiger partial charge in [-0.05, 0) is 37.1 Å². The summed E-state index contributed by atoms with van der Waals surface area (Å²) in [6, 6.07) is 9.61. The molecule has 2 aromatic heterocycles. The van der Waals surface area contributed by atoms with Crippen LogP contribution >= 0.6 is 0 Å². The van der Waals surface area contributed by atoms with Crippen LogP contribution < -0.4 is 5.56 Å². The molecule has 0 fully saturated rings. The standard InChI is InChI=1S/C19H16N2O2/c1-12-3-5-14(6-4-12)7-8-17(22)18-13(2)15-9-10-20-11-16(15)21-19(18)23/h3-11H,1-2H3,(H,21,23)/b8-7+. The largest absolute Gasteiger partial charge is 0.320 e. The SMILES string of the molecule is Cc1ccc(/C=C/C(=O)c2c(C)c3ccncc3[nH]c2=O)cc1. The van der Waals surface area contributed by atoms with Crippen LogP contribution in [0.3, 0.4) is 0 Å². The van der Waals surface area contributed by atoms with Crippen LogP contribution in [0.25, 0.3) is 17.0 Å². The van der Waals surface area contributed by atoms with Gasteiger partial charge in [-0.2, -0.15) is 0 Å². The molecule has 1 N–H and O–H groups in total. The third kappa shape index (κ3) is 2.97. The summed E-state index contributed by atoms with van der Waals surface area (Å²) < 4.78 is 0. The molecule has 1 aromatic carbocycles. The number of nitrogens with zero attached hydrogens (tertiary/aromatic N) is 1. The molecular weight excluding hydrogens is 288 g/mol. The highest BCUT2D eigenvalue weighted by Gasteiger charge is 2.14. The minimum Gasteiger partial charge on any atom is -0.320 e. The molecule has 4 heteroatoms. The number of carbonyl (C=O) groups excluding carboxylic acids is 1. The van der Waals surface area contributed by atoms with Crippen LogP contribution in [0, 0.1) is 13.8 Å². The number of aromatic nitrogens is 2. The van der Waals surface area contributed by atoms with E-state index >= 15 is 0 Å². The number of ketones is 1. The maximum absolute atomic E-state index is 12.4. The molecule has 23 heavy (non-hydrogen) atoms. The number of benzene rings is 1. The Kier molecular flexibility index (Phi) is 3.89. The summed E-state index contributed by atoms with van der Waals surface area (Å²) in [6.45, 7) is 3.79. The Labute approximate surface area is 133 Å². The molecule has 0 aliphatic heterocycles. The van der Waals surface area contributed by atoms with Crippen molar-refractivity contribution in [2.24, 2.45) is 0 Å². The molecule has 114 valence electrons. The number of hydrogen-bond acceptors (Lipinski definition) is 3. The molecule has 0 bridgehead atoms. The van der Waals surface area contributed by atoms with Crippen LogP contribution in [0.15, 0.2) is 53.6 Å². The summed E-state index contributed by atoms with van der Waals surface area (Å²) >= 11 is 0. The summed E-state index contributed by atoms with van der Waals surface area (Å²) in [6.07, 6.45) is 6.39. The van der Waals surface area contributed by atoms with Gasteiger partial charge in [0.2, 0.25) is 0 Å². The number of rotatable bonds is 3. The predicted octanol–water partition coefficient (Wildman–Crippen LogP) is 3.44. The molecule has 0 saturated carbocycles. The number of allylic oxidation sites excluding steroid dienone is 1. The fourth-order valence-corrected chi connectivity index (χ4v) is 2.54. The summed E-state index contributed by atoms with van der Waals surface area (Å²) in [5.41, 5.74) is 3.17. The molecular formula is C19H16N2O2. The average molecular weight is 304 g/mol. The van der Waals surface area contributed by atoms with Crippen molar-refractivity contribution in [3.63, 3.8) is 0 Å². The smallest absolute Gasteiger partial charge is 0.259 e. The van der Waals surface area contributed by atoms with E-state index in [4.69, 9.17) is 0 Å². The van der Waals surface area contributed by atoms with E-state index < -0.39 is 0 Å². The first-order valence-corrected chi connectivity index (χ1v) is 7.32. The Morgan fingerprint density at radius 3 is 2.61 bits per heavy atom. The molecule has 4 nitrogen and oxygen atoms in total.